The van der Waals surface area contributed by atoms with Crippen molar-refractivity contribution in [3.63, 3.8) is 0 Å². The lowest BCUT2D eigenvalue weighted by Gasteiger charge is -1.94. The number of amides is 1. The zero-order valence-electron chi connectivity index (χ0n) is 8.33. The van der Waals surface area contributed by atoms with Crippen LogP contribution in [0.2, 0.25) is 0 Å². The van der Waals surface area contributed by atoms with Crippen LogP contribution < -0.4 is 5.43 Å². The van der Waals surface area contributed by atoms with Crippen LogP contribution in [0.1, 0.15) is 16.1 Å². The first-order chi connectivity index (χ1) is 7.86. The average Bonchev–Trinajstić information content (AvgIpc) is 2.84. The molecule has 0 saturated carbocycles. The third-order valence-electron chi connectivity index (χ3n) is 1.81. The van der Waals surface area contributed by atoms with Crippen LogP contribution in [0.25, 0.3) is 0 Å². The van der Waals surface area contributed by atoms with Crippen LogP contribution in [0.3, 0.4) is 0 Å². The highest BCUT2D eigenvalue weighted by Crippen LogP contribution is 1.98. The van der Waals surface area contributed by atoms with Crippen LogP contribution in [-0.4, -0.2) is 17.1 Å². The molecule has 0 bridgehead atoms. The molecule has 0 aliphatic heterocycles. The molecule has 2 aromatic heterocycles. The van der Waals surface area contributed by atoms with Crippen molar-refractivity contribution in [2.75, 3.05) is 0 Å². The molecule has 0 fully saturated rings. The van der Waals surface area contributed by atoms with Crippen LogP contribution in [0.4, 0.5) is 0 Å². The van der Waals surface area contributed by atoms with Gasteiger partial charge in [-0.1, -0.05) is 6.07 Å². The molecule has 2 aromatic rings. The number of rotatable bonds is 3. The number of furan rings is 1. The normalized spacial score (nSPS) is 10.5. The van der Waals surface area contributed by atoms with Crippen molar-refractivity contribution in [1.29, 1.82) is 0 Å². The van der Waals surface area contributed by atoms with Crippen molar-refractivity contribution in [2.45, 2.75) is 0 Å². The van der Waals surface area contributed by atoms with Crippen molar-refractivity contribution < 1.29 is 9.21 Å². The summed E-state index contributed by atoms with van der Waals surface area (Å²) in [5.74, 6) is -0.159. The minimum absolute atomic E-state index is 0.225. The Bertz CT molecular complexity index is 477. The van der Waals surface area contributed by atoms with E-state index in [1.807, 2.05) is 6.07 Å². The molecule has 1 amide bonds. The number of hydrazone groups is 1. The van der Waals surface area contributed by atoms with Gasteiger partial charge in [0.2, 0.25) is 0 Å². The molecule has 5 heteroatoms. The standard InChI is InChI=1S/C11H9N3O2/c15-11(10-4-2-6-16-10)14-13-8-9-3-1-5-12-7-9/h1-8H,(H,14,15)/b13-8+. The van der Waals surface area contributed by atoms with Gasteiger partial charge < -0.3 is 4.42 Å². The predicted octanol–water partition coefficient (Wildman–Crippen LogP) is 1.44. The Labute approximate surface area is 91.8 Å². The first kappa shape index (κ1) is 10.1. The molecule has 16 heavy (non-hydrogen) atoms. The molecular formula is C11H9N3O2. The second-order valence-electron chi connectivity index (χ2n) is 2.96. The maximum absolute atomic E-state index is 11.4. The summed E-state index contributed by atoms with van der Waals surface area (Å²) < 4.78 is 4.90. The number of nitrogens with one attached hydrogen (secondary N) is 1. The van der Waals surface area contributed by atoms with Gasteiger partial charge in [-0.05, 0) is 18.2 Å². The molecule has 5 nitrogen and oxygen atoms in total. The molecule has 80 valence electrons. The van der Waals surface area contributed by atoms with Gasteiger partial charge in [-0.15, -0.1) is 0 Å². The van der Waals surface area contributed by atoms with Crippen molar-refractivity contribution >= 4 is 12.1 Å². The van der Waals surface area contributed by atoms with Gasteiger partial charge in [0.05, 0.1) is 12.5 Å². The summed E-state index contributed by atoms with van der Waals surface area (Å²) in [5.41, 5.74) is 3.15. The Morgan fingerprint density at radius 2 is 2.38 bits per heavy atom. The average molecular weight is 215 g/mol. The molecule has 0 spiro atoms. The Morgan fingerprint density at radius 3 is 3.06 bits per heavy atom. The summed E-state index contributed by atoms with van der Waals surface area (Å²) in [6.45, 7) is 0. The fourth-order valence-electron chi connectivity index (χ4n) is 1.08. The van der Waals surface area contributed by atoms with Crippen molar-refractivity contribution in [2.24, 2.45) is 5.10 Å². The highest BCUT2D eigenvalue weighted by molar-refractivity contribution is 5.92. The van der Waals surface area contributed by atoms with E-state index in [4.69, 9.17) is 4.42 Å². The van der Waals surface area contributed by atoms with Crippen LogP contribution >= 0.6 is 0 Å². The lowest BCUT2D eigenvalue weighted by atomic mass is 10.3. The van der Waals surface area contributed by atoms with Crippen LogP contribution in [0.15, 0.2) is 52.4 Å². The van der Waals surface area contributed by atoms with E-state index >= 15 is 0 Å². The topological polar surface area (TPSA) is 67.5 Å². The molecule has 1 N–H and O–H groups in total. The largest absolute Gasteiger partial charge is 0.459 e. The monoisotopic (exact) mass is 215 g/mol. The minimum atomic E-state index is -0.384. The smallest absolute Gasteiger partial charge is 0.307 e. The van der Waals surface area contributed by atoms with E-state index in [9.17, 15) is 4.79 Å². The third kappa shape index (κ3) is 2.54. The lowest BCUT2D eigenvalue weighted by Crippen LogP contribution is -2.16. The maximum atomic E-state index is 11.4. The SMILES string of the molecule is O=C(N/N=C/c1cccnc1)c1ccco1. The van der Waals surface area contributed by atoms with E-state index < -0.39 is 0 Å². The molecule has 2 rings (SSSR count). The zero-order valence-corrected chi connectivity index (χ0v) is 8.33. The molecule has 2 heterocycles. The molecule has 0 radical (unpaired) electrons. The van der Waals surface area contributed by atoms with E-state index in [1.54, 1.807) is 30.6 Å². The quantitative estimate of drug-likeness (QED) is 0.622. The number of carbonyl (C=O) groups excluding carboxylic acids is 1. The van der Waals surface area contributed by atoms with Crippen molar-refractivity contribution in [1.82, 2.24) is 10.4 Å². The summed E-state index contributed by atoms with van der Waals surface area (Å²) in [6.07, 6.45) is 6.24. The number of carbonyl (C=O) groups is 1. The van der Waals surface area contributed by atoms with E-state index in [1.165, 1.54) is 12.5 Å². The van der Waals surface area contributed by atoms with Gasteiger partial charge in [0.1, 0.15) is 0 Å². The molecule has 0 aliphatic carbocycles. The Morgan fingerprint density at radius 1 is 1.44 bits per heavy atom. The van der Waals surface area contributed by atoms with Gasteiger partial charge in [0.15, 0.2) is 5.76 Å². The Kier molecular flexibility index (Phi) is 3.08. The molecule has 0 unspecified atom stereocenters. The number of hydrogen-bond acceptors (Lipinski definition) is 4. The summed E-state index contributed by atoms with van der Waals surface area (Å²) in [6, 6.07) is 6.82. The number of nitrogens with zero attached hydrogens (tertiary/aromatic N) is 2. The molecule has 0 atom stereocenters. The van der Waals surface area contributed by atoms with Crippen LogP contribution in [-0.2, 0) is 0 Å². The fraction of sp³-hybridized carbons (Fsp3) is 0. The van der Waals surface area contributed by atoms with Gasteiger partial charge in [-0.25, -0.2) is 5.43 Å². The molecule has 0 saturated heterocycles. The van der Waals surface area contributed by atoms with E-state index in [0.29, 0.717) is 0 Å². The van der Waals surface area contributed by atoms with Gasteiger partial charge in [0, 0.05) is 18.0 Å². The summed E-state index contributed by atoms with van der Waals surface area (Å²) >= 11 is 0. The first-order valence-corrected chi connectivity index (χ1v) is 4.63. The highest BCUT2D eigenvalue weighted by atomic mass is 16.3. The minimum Gasteiger partial charge on any atom is -0.459 e. The fourth-order valence-corrected chi connectivity index (χ4v) is 1.08. The predicted molar refractivity (Wildman–Crippen MR) is 58.0 cm³/mol. The van der Waals surface area contributed by atoms with Gasteiger partial charge in [-0.2, -0.15) is 5.10 Å². The van der Waals surface area contributed by atoms with E-state index in [-0.39, 0.29) is 11.7 Å². The van der Waals surface area contributed by atoms with Crippen molar-refractivity contribution in [3.8, 4) is 0 Å². The van der Waals surface area contributed by atoms with Crippen molar-refractivity contribution in [3.05, 3.63) is 54.2 Å². The van der Waals surface area contributed by atoms with E-state index in [0.717, 1.165) is 5.56 Å². The summed E-state index contributed by atoms with van der Waals surface area (Å²) in [5, 5.41) is 3.77. The maximum Gasteiger partial charge on any atom is 0.307 e. The van der Waals surface area contributed by atoms with Gasteiger partial charge in [-0.3, -0.25) is 9.78 Å². The highest BCUT2D eigenvalue weighted by Gasteiger charge is 2.05. The van der Waals surface area contributed by atoms with E-state index in [2.05, 4.69) is 15.5 Å². The van der Waals surface area contributed by atoms with Gasteiger partial charge >= 0.3 is 5.91 Å². The first-order valence-electron chi connectivity index (χ1n) is 4.63. The zero-order chi connectivity index (χ0) is 11.2. The molecular weight excluding hydrogens is 206 g/mol. The number of aromatic nitrogens is 1. The second-order valence-corrected chi connectivity index (χ2v) is 2.96. The van der Waals surface area contributed by atoms with Crippen LogP contribution in [0.5, 0.6) is 0 Å². The molecule has 0 aliphatic rings. The second kappa shape index (κ2) is 4.88. The number of pyridine rings is 1. The van der Waals surface area contributed by atoms with Crippen LogP contribution in [0, 0.1) is 0 Å². The lowest BCUT2D eigenvalue weighted by molar-refractivity contribution is 0.0927. The van der Waals surface area contributed by atoms with Gasteiger partial charge in [0.25, 0.3) is 0 Å². The Balaban J connectivity index is 1.93. The number of hydrogen-bond donors (Lipinski definition) is 1. The summed E-state index contributed by atoms with van der Waals surface area (Å²) in [7, 11) is 0. The summed E-state index contributed by atoms with van der Waals surface area (Å²) in [4.78, 5) is 15.3. The third-order valence-corrected chi connectivity index (χ3v) is 1.81. The Hall–Kier alpha value is -2.43. The molecule has 0 aromatic carbocycles.